The quantitative estimate of drug-likeness (QED) is 0.240. The monoisotopic (exact) mass is 880 g/mol. The third kappa shape index (κ3) is 5.63. The van der Waals surface area contributed by atoms with Crippen LogP contribution in [0, 0.1) is 0 Å². The zero-order chi connectivity index (χ0) is 24.8. The predicted octanol–water partition coefficient (Wildman–Crippen LogP) is 10.3. The maximum absolute atomic E-state index is 13.7. The van der Waals surface area contributed by atoms with E-state index in [1.54, 1.807) is 42.5 Å². The minimum Gasteiger partial charge on any atom is -0.200 e. The van der Waals surface area contributed by atoms with Crippen molar-refractivity contribution in [3.63, 3.8) is 0 Å². The molecule has 3 rings (SSSR count). The molecule has 0 saturated carbocycles. The van der Waals surface area contributed by atoms with Crippen molar-refractivity contribution in [1.82, 2.24) is 0 Å². The van der Waals surface area contributed by atoms with E-state index in [9.17, 15) is 21.6 Å². The molecule has 0 aliphatic carbocycles. The maximum Gasteiger partial charge on any atom is 0.524 e. The van der Waals surface area contributed by atoms with Crippen molar-refractivity contribution < 1.29 is 25.2 Å². The smallest absolute Gasteiger partial charge is 0.200 e. The van der Waals surface area contributed by atoms with Crippen LogP contribution in [0.3, 0.4) is 0 Å². The fourth-order valence-electron chi connectivity index (χ4n) is 2.84. The van der Waals surface area contributed by atoms with E-state index in [-0.39, 0.29) is 14.7 Å². The molecule has 0 aliphatic rings. The number of alkyl halides is 3. The van der Waals surface area contributed by atoms with Gasteiger partial charge in [-0.3, -0.25) is 0 Å². The van der Waals surface area contributed by atoms with Gasteiger partial charge in [0, 0.05) is 31.7 Å². The molecule has 0 atom stereocenters. The molecule has 0 bridgehead atoms. The van der Waals surface area contributed by atoms with Crippen LogP contribution >= 0.6 is 106 Å². The third-order valence-corrected chi connectivity index (χ3v) is 13.6. The lowest BCUT2D eigenvalue weighted by Gasteiger charge is -2.41. The molecule has 14 heteroatoms. The Morgan fingerprint density at radius 1 is 0.667 bits per heavy atom. The lowest BCUT2D eigenvalue weighted by atomic mass is 10.3. The molecular formula is C19H9Br6F3O3S2. The molecule has 33 heavy (non-hydrogen) atoms. The van der Waals surface area contributed by atoms with Gasteiger partial charge in [0.25, 0.3) is 0 Å². The predicted molar refractivity (Wildman–Crippen MR) is 144 cm³/mol. The zero-order valence-corrected chi connectivity index (χ0v) is 26.8. The van der Waals surface area contributed by atoms with Gasteiger partial charge < -0.3 is 0 Å². The number of hydrogen-bond donors (Lipinski definition) is 0. The SMILES string of the molecule is O=S(=O)(OS(c1ccccc1)(c1c(Br)cc(Br)cc1Br)c1c(Br)cc(Br)cc1Br)C(F)(F)F. The Bertz CT molecular complexity index is 1210. The second-order valence-corrected chi connectivity index (χ2v) is 15.8. The molecule has 0 saturated heterocycles. The molecule has 3 nitrogen and oxygen atoms in total. The van der Waals surface area contributed by atoms with E-state index >= 15 is 0 Å². The lowest BCUT2D eigenvalue weighted by molar-refractivity contribution is -0.0496. The van der Waals surface area contributed by atoms with E-state index in [4.69, 9.17) is 3.63 Å². The second kappa shape index (κ2) is 10.5. The lowest BCUT2D eigenvalue weighted by Crippen LogP contribution is -2.28. The van der Waals surface area contributed by atoms with Gasteiger partial charge in [0.15, 0.2) is 0 Å². The first-order valence-corrected chi connectivity index (χ1v) is 16.1. The largest absolute Gasteiger partial charge is 0.524 e. The summed E-state index contributed by atoms with van der Waals surface area (Å²) in [6.07, 6.45) is 0. The van der Waals surface area contributed by atoms with Crippen LogP contribution < -0.4 is 0 Å². The Kier molecular flexibility index (Phi) is 8.98. The van der Waals surface area contributed by atoms with Gasteiger partial charge >= 0.3 is 15.6 Å². The molecule has 3 aromatic rings. The molecule has 0 amide bonds. The van der Waals surface area contributed by atoms with Crippen LogP contribution in [0.5, 0.6) is 0 Å². The summed E-state index contributed by atoms with van der Waals surface area (Å²) in [6, 6.07) is 14.4. The summed E-state index contributed by atoms with van der Waals surface area (Å²) in [7, 11) is -9.62. The highest BCUT2D eigenvalue weighted by molar-refractivity contribution is 9.12. The van der Waals surface area contributed by atoms with Crippen LogP contribution in [0.25, 0.3) is 0 Å². The summed E-state index contributed by atoms with van der Waals surface area (Å²) in [5.74, 6) is 0. The molecule has 0 aromatic heterocycles. The highest BCUT2D eigenvalue weighted by Gasteiger charge is 2.54. The molecule has 0 unspecified atom stereocenters. The standard InChI is InChI=1S/C19H9Br6F3O3S2/c20-10-6-13(22)17(14(23)7-10)32(12-4-2-1-3-5-12,31-33(29,30)19(26,27)28)18-15(24)8-11(21)9-16(18)25/h1-9H. The molecule has 0 aliphatic heterocycles. The minimum absolute atomic E-state index is 0.188. The van der Waals surface area contributed by atoms with Gasteiger partial charge in [-0.15, -0.1) is 0 Å². The van der Waals surface area contributed by atoms with E-state index in [1.165, 1.54) is 12.1 Å². The van der Waals surface area contributed by atoms with Crippen molar-refractivity contribution >= 4 is 116 Å². The summed E-state index contributed by atoms with van der Waals surface area (Å²) in [5, 5.41) is 0. The first-order valence-electron chi connectivity index (χ1n) is 8.40. The normalized spacial score (nSPS) is 13.2. The van der Waals surface area contributed by atoms with Gasteiger partial charge in [0.05, 0.1) is 9.79 Å². The van der Waals surface area contributed by atoms with Crippen molar-refractivity contribution in [2.75, 3.05) is 0 Å². The van der Waals surface area contributed by atoms with Gasteiger partial charge in [0.1, 0.15) is 0 Å². The van der Waals surface area contributed by atoms with Crippen LogP contribution in [0.4, 0.5) is 13.2 Å². The van der Waals surface area contributed by atoms with Gasteiger partial charge in [-0.05, 0) is 110 Å². The number of hydrogen-bond acceptors (Lipinski definition) is 3. The van der Waals surface area contributed by atoms with Crippen LogP contribution in [0.1, 0.15) is 0 Å². The van der Waals surface area contributed by atoms with Crippen molar-refractivity contribution in [2.24, 2.45) is 0 Å². The fraction of sp³-hybridized carbons (Fsp3) is 0.0526. The summed E-state index contributed by atoms with van der Waals surface area (Å²) >= 11 is 20.3. The molecule has 178 valence electrons. The average molecular weight is 886 g/mol. The van der Waals surface area contributed by atoms with Crippen molar-refractivity contribution in [3.8, 4) is 0 Å². The van der Waals surface area contributed by atoms with Crippen molar-refractivity contribution in [1.29, 1.82) is 0 Å². The number of rotatable bonds is 5. The Labute approximate surface area is 240 Å². The van der Waals surface area contributed by atoms with Crippen LogP contribution in [-0.2, 0) is 13.7 Å². The Hall–Kier alpha value is 0.590. The maximum atomic E-state index is 13.7. The average Bonchev–Trinajstić information content (AvgIpc) is 2.65. The number of benzene rings is 3. The van der Waals surface area contributed by atoms with Gasteiger partial charge in [-0.25, -0.2) is 0 Å². The Morgan fingerprint density at radius 2 is 1.03 bits per heavy atom. The highest BCUT2D eigenvalue weighted by Crippen LogP contribution is 2.75. The zero-order valence-electron chi connectivity index (χ0n) is 15.6. The molecule has 3 aromatic carbocycles. The first-order chi connectivity index (χ1) is 15.2. The topological polar surface area (TPSA) is 43.4 Å². The first kappa shape index (κ1) is 28.2. The summed E-state index contributed by atoms with van der Waals surface area (Å²) in [5.41, 5.74) is -5.65. The molecule has 0 radical (unpaired) electrons. The van der Waals surface area contributed by atoms with E-state index < -0.39 is 25.9 Å². The summed E-state index contributed by atoms with van der Waals surface area (Å²) < 4.78 is 74.1. The Balaban J connectivity index is 2.62. The van der Waals surface area contributed by atoms with Gasteiger partial charge in [-0.2, -0.15) is 25.2 Å². The summed E-state index contributed by atoms with van der Waals surface area (Å²) in [6.45, 7) is 0. The number of halogens is 9. The highest BCUT2D eigenvalue weighted by atomic mass is 79.9. The molecule has 0 heterocycles. The van der Waals surface area contributed by atoms with Crippen LogP contribution in [-0.4, -0.2) is 13.9 Å². The molecule has 0 fully saturated rings. The molecule has 0 N–H and O–H groups in total. The molecule has 0 spiro atoms. The van der Waals surface area contributed by atoms with E-state index in [2.05, 4.69) is 95.6 Å². The summed E-state index contributed by atoms with van der Waals surface area (Å²) in [4.78, 5) is 0.604. The third-order valence-electron chi connectivity index (χ3n) is 4.05. The van der Waals surface area contributed by atoms with Crippen molar-refractivity contribution in [3.05, 3.63) is 81.4 Å². The van der Waals surface area contributed by atoms with E-state index in [0.717, 1.165) is 0 Å². The van der Waals surface area contributed by atoms with Crippen molar-refractivity contribution in [2.45, 2.75) is 20.2 Å². The van der Waals surface area contributed by atoms with Crippen LogP contribution in [0.15, 0.2) is 96.1 Å². The molecular weight excluding hydrogens is 877 g/mol. The van der Waals surface area contributed by atoms with Crippen LogP contribution in [0.2, 0.25) is 0 Å². The van der Waals surface area contributed by atoms with E-state index in [1.807, 2.05) is 0 Å². The minimum atomic E-state index is -6.06. The Morgan fingerprint density at radius 3 is 1.36 bits per heavy atom. The fourth-order valence-corrected chi connectivity index (χ4v) is 14.9. The van der Waals surface area contributed by atoms with E-state index in [0.29, 0.717) is 26.8 Å². The van der Waals surface area contributed by atoms with Gasteiger partial charge in [0.2, 0.25) is 0 Å². The second-order valence-electron chi connectivity index (χ2n) is 6.23. The van der Waals surface area contributed by atoms with Gasteiger partial charge in [-0.1, -0.05) is 50.1 Å².